The van der Waals surface area contributed by atoms with Crippen LogP contribution in [0.2, 0.25) is 0 Å². The minimum absolute atomic E-state index is 0.121. The summed E-state index contributed by atoms with van der Waals surface area (Å²) >= 11 is 0. The number of hydrogen-bond acceptors (Lipinski definition) is 3. The number of anilines is 1. The Bertz CT molecular complexity index is 712. The van der Waals surface area contributed by atoms with Crippen LogP contribution in [0.1, 0.15) is 46.8 Å². The van der Waals surface area contributed by atoms with Crippen molar-refractivity contribution in [3.63, 3.8) is 0 Å². The van der Waals surface area contributed by atoms with Gasteiger partial charge in [0.1, 0.15) is 5.82 Å². The molecular formula is C20H25N3O. The second-order valence-electron chi connectivity index (χ2n) is 6.67. The van der Waals surface area contributed by atoms with Crippen LogP contribution in [0.25, 0.3) is 0 Å². The number of hydrogen-bond donors (Lipinski definition) is 0. The summed E-state index contributed by atoms with van der Waals surface area (Å²) in [6, 6.07) is 11.8. The maximum Gasteiger partial charge on any atom is 0.254 e. The average molecular weight is 323 g/mol. The molecule has 0 N–H and O–H groups in total. The summed E-state index contributed by atoms with van der Waals surface area (Å²) in [6.45, 7) is 2.93. The van der Waals surface area contributed by atoms with Gasteiger partial charge < -0.3 is 9.80 Å². The number of piperidine rings is 1. The molecule has 1 amide bonds. The zero-order valence-electron chi connectivity index (χ0n) is 14.7. The number of aromatic nitrogens is 1. The van der Waals surface area contributed by atoms with Crippen molar-refractivity contribution >= 4 is 11.7 Å². The lowest BCUT2D eigenvalue weighted by atomic mass is 9.93. The van der Waals surface area contributed by atoms with Crippen molar-refractivity contribution in [3.8, 4) is 0 Å². The largest absolute Gasteiger partial charge is 0.363 e. The Morgan fingerprint density at radius 3 is 2.62 bits per heavy atom. The molecule has 4 nitrogen and oxygen atoms in total. The fourth-order valence-corrected chi connectivity index (χ4v) is 3.39. The second kappa shape index (κ2) is 7.04. The van der Waals surface area contributed by atoms with Crippen molar-refractivity contribution in [1.29, 1.82) is 0 Å². The molecule has 2 heterocycles. The molecule has 1 aliphatic rings. The summed E-state index contributed by atoms with van der Waals surface area (Å²) in [5.41, 5.74) is 3.14. The van der Waals surface area contributed by atoms with Crippen molar-refractivity contribution in [2.75, 3.05) is 25.5 Å². The highest BCUT2D eigenvalue weighted by atomic mass is 16.2. The van der Waals surface area contributed by atoms with Gasteiger partial charge in [0.15, 0.2) is 0 Å². The lowest BCUT2D eigenvalue weighted by molar-refractivity contribution is 0.0610. The van der Waals surface area contributed by atoms with Crippen molar-refractivity contribution in [1.82, 2.24) is 9.88 Å². The fraction of sp³-hybridized carbons (Fsp3) is 0.400. The molecule has 24 heavy (non-hydrogen) atoms. The first-order valence-corrected chi connectivity index (χ1v) is 8.58. The molecular weight excluding hydrogens is 298 g/mol. The molecule has 0 aliphatic carbocycles. The molecule has 0 spiro atoms. The van der Waals surface area contributed by atoms with Gasteiger partial charge in [0, 0.05) is 32.4 Å². The van der Waals surface area contributed by atoms with E-state index in [0.29, 0.717) is 0 Å². The molecule has 1 aliphatic heterocycles. The Kier molecular flexibility index (Phi) is 4.84. The number of pyridine rings is 1. The standard InChI is InChI=1S/C20H25N3O/c1-15-13-19(22(2)3)21-14-17(15)18-11-7-8-12-23(18)20(24)16-9-5-4-6-10-16/h4-6,9-10,13-14,18H,7-8,11-12H2,1-3H3/t18-/m0/s1. The van der Waals surface area contributed by atoms with E-state index in [1.54, 1.807) is 0 Å². The van der Waals surface area contributed by atoms with Gasteiger partial charge in [-0.2, -0.15) is 0 Å². The summed E-state index contributed by atoms with van der Waals surface area (Å²) < 4.78 is 0. The molecule has 1 atom stereocenters. The molecule has 2 aromatic rings. The first-order valence-electron chi connectivity index (χ1n) is 8.58. The van der Waals surface area contributed by atoms with Crippen LogP contribution in [0, 0.1) is 6.92 Å². The van der Waals surface area contributed by atoms with Crippen LogP contribution in [-0.4, -0.2) is 36.4 Å². The van der Waals surface area contributed by atoms with Gasteiger partial charge in [-0.05, 0) is 55.5 Å². The monoisotopic (exact) mass is 323 g/mol. The minimum atomic E-state index is 0.121. The number of carbonyl (C=O) groups is 1. The van der Waals surface area contributed by atoms with Crippen molar-refractivity contribution in [3.05, 3.63) is 59.3 Å². The number of likely N-dealkylation sites (tertiary alicyclic amines) is 1. The molecule has 1 aromatic carbocycles. The average Bonchev–Trinajstić information content (AvgIpc) is 2.62. The van der Waals surface area contributed by atoms with Crippen LogP contribution >= 0.6 is 0 Å². The van der Waals surface area contributed by atoms with Gasteiger partial charge in [-0.3, -0.25) is 4.79 Å². The number of amides is 1. The molecule has 3 rings (SSSR count). The SMILES string of the molecule is Cc1cc(N(C)C)ncc1[C@@H]1CCCCN1C(=O)c1ccccc1. The Hall–Kier alpha value is -2.36. The maximum atomic E-state index is 13.0. The van der Waals surface area contributed by atoms with Crippen LogP contribution in [0.3, 0.4) is 0 Å². The number of aryl methyl sites for hydroxylation is 1. The third-order valence-electron chi connectivity index (χ3n) is 4.74. The minimum Gasteiger partial charge on any atom is -0.363 e. The van der Waals surface area contributed by atoms with Gasteiger partial charge in [0.2, 0.25) is 0 Å². The topological polar surface area (TPSA) is 36.4 Å². The highest BCUT2D eigenvalue weighted by Gasteiger charge is 2.29. The molecule has 4 heteroatoms. The Labute approximate surface area is 144 Å². The summed E-state index contributed by atoms with van der Waals surface area (Å²) in [7, 11) is 3.99. The van der Waals surface area contributed by atoms with Gasteiger partial charge in [-0.1, -0.05) is 18.2 Å². The smallest absolute Gasteiger partial charge is 0.254 e. The predicted molar refractivity (Wildman–Crippen MR) is 97.4 cm³/mol. The van der Waals surface area contributed by atoms with Crippen molar-refractivity contribution in [2.45, 2.75) is 32.2 Å². The third-order valence-corrected chi connectivity index (χ3v) is 4.74. The van der Waals surface area contributed by atoms with E-state index in [-0.39, 0.29) is 11.9 Å². The maximum absolute atomic E-state index is 13.0. The van der Waals surface area contributed by atoms with E-state index < -0.39 is 0 Å². The van der Waals surface area contributed by atoms with E-state index in [9.17, 15) is 4.79 Å². The molecule has 0 unspecified atom stereocenters. The lowest BCUT2D eigenvalue weighted by Gasteiger charge is -2.37. The Morgan fingerprint density at radius 1 is 1.21 bits per heavy atom. The van der Waals surface area contributed by atoms with Crippen LogP contribution in [0.5, 0.6) is 0 Å². The van der Waals surface area contributed by atoms with E-state index in [2.05, 4.69) is 18.0 Å². The van der Waals surface area contributed by atoms with Gasteiger partial charge >= 0.3 is 0 Å². The number of rotatable bonds is 3. The molecule has 0 bridgehead atoms. The van der Waals surface area contributed by atoms with Crippen LogP contribution in [-0.2, 0) is 0 Å². The van der Waals surface area contributed by atoms with Crippen molar-refractivity contribution in [2.24, 2.45) is 0 Å². The first-order chi connectivity index (χ1) is 11.6. The van der Waals surface area contributed by atoms with E-state index in [4.69, 9.17) is 0 Å². The van der Waals surface area contributed by atoms with Crippen LogP contribution in [0.4, 0.5) is 5.82 Å². The molecule has 1 aromatic heterocycles. The molecule has 0 radical (unpaired) electrons. The summed E-state index contributed by atoms with van der Waals surface area (Å²) in [6.07, 6.45) is 5.17. The highest BCUT2D eigenvalue weighted by molar-refractivity contribution is 5.94. The van der Waals surface area contributed by atoms with E-state index in [1.165, 1.54) is 11.1 Å². The highest BCUT2D eigenvalue weighted by Crippen LogP contribution is 2.34. The van der Waals surface area contributed by atoms with Gasteiger partial charge in [-0.25, -0.2) is 4.98 Å². The zero-order valence-corrected chi connectivity index (χ0v) is 14.7. The third kappa shape index (κ3) is 3.28. The van der Waals surface area contributed by atoms with Crippen LogP contribution < -0.4 is 4.90 Å². The summed E-state index contributed by atoms with van der Waals surface area (Å²) in [5, 5.41) is 0. The fourth-order valence-electron chi connectivity index (χ4n) is 3.39. The molecule has 1 fully saturated rings. The van der Waals surface area contributed by atoms with Gasteiger partial charge in [0.05, 0.1) is 6.04 Å². The van der Waals surface area contributed by atoms with Gasteiger partial charge in [0.25, 0.3) is 5.91 Å². The van der Waals surface area contributed by atoms with Crippen molar-refractivity contribution < 1.29 is 4.79 Å². The molecule has 1 saturated heterocycles. The van der Waals surface area contributed by atoms with Gasteiger partial charge in [-0.15, -0.1) is 0 Å². The number of benzene rings is 1. The first kappa shape index (κ1) is 16.5. The van der Waals surface area contributed by atoms with E-state index >= 15 is 0 Å². The normalized spacial score (nSPS) is 17.6. The zero-order chi connectivity index (χ0) is 17.1. The lowest BCUT2D eigenvalue weighted by Crippen LogP contribution is -2.38. The Balaban J connectivity index is 1.91. The summed E-state index contributed by atoms with van der Waals surface area (Å²) in [4.78, 5) is 21.6. The number of nitrogens with zero attached hydrogens (tertiary/aromatic N) is 3. The van der Waals surface area contributed by atoms with Crippen LogP contribution in [0.15, 0.2) is 42.6 Å². The number of carbonyl (C=O) groups excluding carboxylic acids is 1. The van der Waals surface area contributed by atoms with E-state index in [0.717, 1.165) is 37.2 Å². The predicted octanol–water partition coefficient (Wildman–Crippen LogP) is 3.82. The van der Waals surface area contributed by atoms with E-state index in [1.807, 2.05) is 60.4 Å². The quantitative estimate of drug-likeness (QED) is 0.861. The second-order valence-corrected chi connectivity index (χ2v) is 6.67. The Morgan fingerprint density at radius 2 is 1.96 bits per heavy atom. The summed E-state index contributed by atoms with van der Waals surface area (Å²) in [5.74, 6) is 1.07. The molecule has 0 saturated carbocycles. The molecule has 126 valence electrons.